The van der Waals surface area contributed by atoms with Crippen LogP contribution in [-0.2, 0) is 48.1 Å². The lowest BCUT2D eigenvalue weighted by Crippen LogP contribution is -2.43. The Morgan fingerprint density at radius 3 is 2.13 bits per heavy atom. The van der Waals surface area contributed by atoms with Gasteiger partial charge in [0.25, 0.3) is 0 Å². The fourth-order valence-electron chi connectivity index (χ4n) is 6.43. The Balaban J connectivity index is 2.22. The number of carbonyl (C=O) groups is 1. The minimum absolute atomic E-state index is 0.0468. The molecule has 1 fully saturated rings. The van der Waals surface area contributed by atoms with Gasteiger partial charge in [0, 0.05) is 6.42 Å². The average Bonchev–Trinajstić information content (AvgIpc) is 3.13. The molecule has 0 radical (unpaired) electrons. The first kappa shape index (κ1) is 55.8. The summed E-state index contributed by atoms with van der Waals surface area (Å²) in [6.07, 6.45) is 10.6. The zero-order valence-electron chi connectivity index (χ0n) is 41.3. The third kappa shape index (κ3) is 19.4. The topological polar surface area (TPSA) is 117 Å². The third-order valence-corrected chi connectivity index (χ3v) is 22.8. The average molecular weight is 923 g/mol. The standard InChI is InChI=1S/C48H83O11PSi2/c1-18-54-60(50,55-19-2)35-46(49)58-43(34-53-33-39-23-24-44(51-12)45(32-39)52-13)31-38(5)30-42-29-37(4)28-40(57-42)21-20-22-41(59-62(16,17)48(9,10)11)27-36(3)25-26-56-61(14,15)47(6,7)8/h20,22-25,30,32,40-43H,4,18-19,21,26-29,31,33-35H2,1-3,5-17H3/b22-20+,36-25-,38-30+/t40-,41+,42-,43-/m1/s1. The van der Waals surface area contributed by atoms with Crippen LogP contribution in [0.1, 0.15) is 107 Å². The van der Waals surface area contributed by atoms with Crippen molar-refractivity contribution in [2.75, 3.05) is 46.8 Å². The van der Waals surface area contributed by atoms with Crippen molar-refractivity contribution in [2.45, 2.75) is 169 Å². The Kier molecular flexibility index (Phi) is 22.9. The highest BCUT2D eigenvalue weighted by Gasteiger charge is 2.39. The SMILES string of the molecule is C=C1C[C@@H](C/C=C/[C@@H](C/C(C)=C\CO[Si](C)(C)C(C)(C)C)O[Si](C)(C)C(C)(C)C)O[C@@H](/C=C(\C)C[C@H](COCc2ccc(OC)c(OC)c2)OC(=O)CP(=O)(OCC)OCC)C1. The summed E-state index contributed by atoms with van der Waals surface area (Å²) >= 11 is 0. The number of carbonyl (C=O) groups excluding carboxylic acids is 1. The fraction of sp³-hybridized carbons (Fsp3) is 0.688. The molecular weight excluding hydrogens is 840 g/mol. The second kappa shape index (κ2) is 25.4. The maximum Gasteiger partial charge on any atom is 0.341 e. The molecule has 0 amide bonds. The number of esters is 1. The van der Waals surface area contributed by atoms with E-state index in [1.54, 1.807) is 28.1 Å². The van der Waals surface area contributed by atoms with Crippen molar-refractivity contribution in [1.82, 2.24) is 0 Å². The number of benzene rings is 1. The van der Waals surface area contributed by atoms with Gasteiger partial charge in [-0.2, -0.15) is 0 Å². The Labute approximate surface area is 378 Å². The van der Waals surface area contributed by atoms with Gasteiger partial charge in [0.2, 0.25) is 0 Å². The van der Waals surface area contributed by atoms with Gasteiger partial charge in [0.15, 0.2) is 28.1 Å². The summed E-state index contributed by atoms with van der Waals surface area (Å²) in [5.74, 6) is 0.521. The highest BCUT2D eigenvalue weighted by atomic mass is 31.2. The Morgan fingerprint density at radius 1 is 0.919 bits per heavy atom. The minimum atomic E-state index is -3.66. The first-order chi connectivity index (χ1) is 28.8. The maximum atomic E-state index is 13.2. The summed E-state index contributed by atoms with van der Waals surface area (Å²) < 4.78 is 66.7. The lowest BCUT2D eigenvalue weighted by atomic mass is 9.95. The van der Waals surface area contributed by atoms with Crippen LogP contribution in [-0.4, -0.2) is 93.8 Å². The fourth-order valence-corrected chi connectivity index (χ4v) is 10.1. The van der Waals surface area contributed by atoms with E-state index in [1.165, 1.54) is 5.57 Å². The molecule has 354 valence electrons. The lowest BCUT2D eigenvalue weighted by Gasteiger charge is -2.39. The van der Waals surface area contributed by atoms with Crippen molar-refractivity contribution in [3.05, 3.63) is 71.4 Å². The van der Waals surface area contributed by atoms with E-state index in [9.17, 15) is 9.36 Å². The molecule has 1 heterocycles. The normalized spacial score (nSPS) is 18.5. The van der Waals surface area contributed by atoms with Crippen molar-refractivity contribution in [3.8, 4) is 11.5 Å². The van der Waals surface area contributed by atoms with Crippen molar-refractivity contribution in [3.63, 3.8) is 0 Å². The summed E-state index contributed by atoms with van der Waals surface area (Å²) in [4.78, 5) is 13.2. The van der Waals surface area contributed by atoms with Gasteiger partial charge < -0.3 is 41.6 Å². The van der Waals surface area contributed by atoms with Crippen LogP contribution in [0, 0.1) is 0 Å². The van der Waals surface area contributed by atoms with Crippen LogP contribution in [0.3, 0.4) is 0 Å². The highest BCUT2D eigenvalue weighted by Crippen LogP contribution is 2.48. The van der Waals surface area contributed by atoms with Gasteiger partial charge >= 0.3 is 13.6 Å². The molecule has 11 nitrogen and oxygen atoms in total. The summed E-state index contributed by atoms with van der Waals surface area (Å²) in [5.41, 5.74) is 4.21. The van der Waals surface area contributed by atoms with Crippen LogP contribution in [0.5, 0.6) is 11.5 Å². The predicted molar refractivity (Wildman–Crippen MR) is 258 cm³/mol. The molecule has 1 aliphatic heterocycles. The summed E-state index contributed by atoms with van der Waals surface area (Å²) in [7, 11) is -4.40. The summed E-state index contributed by atoms with van der Waals surface area (Å²) in [6, 6.07) is 5.55. The van der Waals surface area contributed by atoms with E-state index in [2.05, 4.69) is 106 Å². The van der Waals surface area contributed by atoms with E-state index in [0.29, 0.717) is 30.9 Å². The van der Waals surface area contributed by atoms with Gasteiger partial charge in [-0.1, -0.05) is 95.2 Å². The maximum absolute atomic E-state index is 13.2. The van der Waals surface area contributed by atoms with Crippen molar-refractivity contribution < 1.29 is 50.9 Å². The van der Waals surface area contributed by atoms with E-state index in [4.69, 9.17) is 41.6 Å². The Morgan fingerprint density at radius 2 is 1.55 bits per heavy atom. The van der Waals surface area contributed by atoms with Gasteiger partial charge in [-0.3, -0.25) is 9.36 Å². The molecule has 14 heteroatoms. The first-order valence-electron chi connectivity index (χ1n) is 22.3. The number of ether oxygens (including phenoxy) is 5. The molecule has 0 aromatic heterocycles. The number of methoxy groups -OCH3 is 2. The zero-order chi connectivity index (χ0) is 46.9. The molecule has 0 N–H and O–H groups in total. The molecule has 0 spiro atoms. The molecule has 2 rings (SSSR count). The molecule has 0 bridgehead atoms. The number of rotatable bonds is 26. The number of hydrogen-bond acceptors (Lipinski definition) is 11. The summed E-state index contributed by atoms with van der Waals surface area (Å²) in [6.45, 7) is 36.0. The molecule has 1 aromatic rings. The van der Waals surface area contributed by atoms with E-state index in [0.717, 1.165) is 36.0 Å². The second-order valence-corrected chi connectivity index (χ2v) is 31.1. The molecule has 0 unspecified atom stereocenters. The van der Waals surface area contributed by atoms with Crippen molar-refractivity contribution in [1.29, 1.82) is 0 Å². The Bertz CT molecular complexity index is 1700. The minimum Gasteiger partial charge on any atom is -0.493 e. The molecule has 0 aliphatic carbocycles. The quantitative estimate of drug-likeness (QED) is 0.0382. The smallest absolute Gasteiger partial charge is 0.341 e. The highest BCUT2D eigenvalue weighted by molar-refractivity contribution is 7.54. The van der Waals surface area contributed by atoms with E-state index in [-0.39, 0.29) is 54.8 Å². The van der Waals surface area contributed by atoms with Crippen molar-refractivity contribution in [2.24, 2.45) is 0 Å². The largest absolute Gasteiger partial charge is 0.493 e. The monoisotopic (exact) mass is 923 g/mol. The van der Waals surface area contributed by atoms with Gasteiger partial charge in [0.1, 0.15) is 12.3 Å². The van der Waals surface area contributed by atoms with E-state index >= 15 is 0 Å². The van der Waals surface area contributed by atoms with Crippen molar-refractivity contribution >= 4 is 30.2 Å². The third-order valence-electron chi connectivity index (χ3n) is 11.9. The van der Waals surface area contributed by atoms with Crippen LogP contribution in [0.25, 0.3) is 0 Å². The van der Waals surface area contributed by atoms with E-state index < -0.39 is 42.5 Å². The molecule has 0 saturated carbocycles. The lowest BCUT2D eigenvalue weighted by molar-refractivity contribution is -0.149. The molecule has 4 atom stereocenters. The second-order valence-electron chi connectivity index (χ2n) is 19.5. The van der Waals surface area contributed by atoms with Crippen LogP contribution in [0.2, 0.25) is 36.3 Å². The number of hydrogen-bond donors (Lipinski definition) is 0. The van der Waals surface area contributed by atoms with Crippen LogP contribution in [0.4, 0.5) is 0 Å². The molecule has 62 heavy (non-hydrogen) atoms. The van der Waals surface area contributed by atoms with Crippen LogP contribution >= 0.6 is 7.60 Å². The molecule has 1 aliphatic rings. The summed E-state index contributed by atoms with van der Waals surface area (Å²) in [5, 5.41) is 0.238. The molecule has 1 aromatic carbocycles. The van der Waals surface area contributed by atoms with Gasteiger partial charge in [-0.05, 0) is 107 Å². The first-order valence-corrected chi connectivity index (χ1v) is 29.8. The van der Waals surface area contributed by atoms with Gasteiger partial charge in [0.05, 0.1) is 65.6 Å². The predicted octanol–water partition coefficient (Wildman–Crippen LogP) is 12.5. The van der Waals surface area contributed by atoms with Gasteiger partial charge in [-0.25, -0.2) is 0 Å². The molecular formula is C48H83O11PSi2. The van der Waals surface area contributed by atoms with E-state index in [1.807, 2.05) is 25.1 Å². The van der Waals surface area contributed by atoms with Crippen LogP contribution in [0.15, 0.2) is 65.8 Å². The Hall–Kier alpha value is -2.33. The van der Waals surface area contributed by atoms with Gasteiger partial charge in [-0.15, -0.1) is 0 Å². The zero-order valence-corrected chi connectivity index (χ0v) is 44.2. The van der Waals surface area contributed by atoms with Crippen LogP contribution < -0.4 is 9.47 Å². The molecule has 1 saturated heterocycles.